The van der Waals surface area contributed by atoms with Crippen LogP contribution in [-0.2, 0) is 30.7 Å². The highest BCUT2D eigenvalue weighted by Crippen LogP contribution is 2.30. The van der Waals surface area contributed by atoms with E-state index in [1.807, 2.05) is 13.0 Å². The molecule has 2 N–H and O–H groups in total. The Bertz CT molecular complexity index is 780. The number of carbonyl (C=O) groups excluding carboxylic acids is 2. The van der Waals surface area contributed by atoms with E-state index < -0.39 is 11.7 Å². The molecule has 0 fully saturated rings. The number of aromatic hydroxyl groups is 1. The molecule has 1 heterocycles. The van der Waals surface area contributed by atoms with Crippen LogP contribution >= 0.6 is 0 Å². The van der Waals surface area contributed by atoms with Gasteiger partial charge in [0.05, 0.1) is 11.8 Å². The third kappa shape index (κ3) is 3.18. The van der Waals surface area contributed by atoms with Crippen LogP contribution in [0.1, 0.15) is 46.8 Å². The van der Waals surface area contributed by atoms with Gasteiger partial charge in [0.1, 0.15) is 5.75 Å². The van der Waals surface area contributed by atoms with Gasteiger partial charge in [0.25, 0.3) is 11.7 Å². The van der Waals surface area contributed by atoms with E-state index in [-0.39, 0.29) is 17.9 Å². The van der Waals surface area contributed by atoms with Crippen LogP contribution in [-0.4, -0.2) is 26.6 Å². The maximum atomic E-state index is 12.1. The molecule has 6 nitrogen and oxygen atoms in total. The Morgan fingerprint density at radius 3 is 2.83 bits per heavy atom. The summed E-state index contributed by atoms with van der Waals surface area (Å²) in [5.41, 5.74) is 3.32. The summed E-state index contributed by atoms with van der Waals surface area (Å²) in [4.78, 5) is 24.3. The predicted molar refractivity (Wildman–Crippen MR) is 88.8 cm³/mol. The number of hydrogen-bond acceptors (Lipinski definition) is 4. The summed E-state index contributed by atoms with van der Waals surface area (Å²) in [6.07, 6.45) is 7.06. The molecule has 1 aliphatic carbocycles. The van der Waals surface area contributed by atoms with Crippen molar-refractivity contribution in [2.75, 3.05) is 0 Å². The van der Waals surface area contributed by atoms with Crippen molar-refractivity contribution in [1.29, 1.82) is 0 Å². The number of benzene rings is 1. The van der Waals surface area contributed by atoms with Gasteiger partial charge in [-0.1, -0.05) is 6.07 Å². The molecule has 0 bridgehead atoms. The highest BCUT2D eigenvalue weighted by atomic mass is 16.3. The van der Waals surface area contributed by atoms with Crippen LogP contribution < -0.4 is 5.32 Å². The molecule has 0 unspecified atom stereocenters. The van der Waals surface area contributed by atoms with Gasteiger partial charge in [-0.05, 0) is 49.8 Å². The molecule has 0 spiro atoms. The number of fused-ring (bicyclic) bond motifs is 1. The average Bonchev–Trinajstić information content (AvgIpc) is 3.09. The Hall–Kier alpha value is -2.63. The van der Waals surface area contributed by atoms with Gasteiger partial charge in [0.2, 0.25) is 0 Å². The second-order valence-electron chi connectivity index (χ2n) is 6.00. The number of carbonyl (C=O) groups is 2. The minimum absolute atomic E-state index is 0.154. The first-order valence-electron chi connectivity index (χ1n) is 8.27. The zero-order valence-corrected chi connectivity index (χ0v) is 13.7. The number of Topliss-reactive ketones (excluding diaryl/α,β-unsaturated/α-hetero) is 1. The van der Waals surface area contributed by atoms with Crippen molar-refractivity contribution < 1.29 is 14.7 Å². The zero-order valence-electron chi connectivity index (χ0n) is 13.7. The number of nitrogens with zero attached hydrogens (tertiary/aromatic N) is 2. The fourth-order valence-electron chi connectivity index (χ4n) is 3.12. The van der Waals surface area contributed by atoms with Crippen LogP contribution in [0.2, 0.25) is 0 Å². The van der Waals surface area contributed by atoms with Crippen LogP contribution in [0.5, 0.6) is 5.75 Å². The van der Waals surface area contributed by atoms with Gasteiger partial charge in [-0.15, -0.1) is 0 Å². The molecule has 0 atom stereocenters. The van der Waals surface area contributed by atoms with Crippen molar-refractivity contribution in [3.05, 3.63) is 46.8 Å². The number of aryl methyl sites for hydroxylation is 2. The topological polar surface area (TPSA) is 84.2 Å². The van der Waals surface area contributed by atoms with Crippen LogP contribution in [0, 0.1) is 0 Å². The first-order chi connectivity index (χ1) is 11.6. The van der Waals surface area contributed by atoms with E-state index in [2.05, 4.69) is 10.4 Å². The molecule has 24 heavy (non-hydrogen) atoms. The normalized spacial score (nSPS) is 13.4. The van der Waals surface area contributed by atoms with Crippen molar-refractivity contribution in [2.45, 2.75) is 45.7 Å². The third-order valence-corrected chi connectivity index (χ3v) is 4.48. The molecule has 2 aromatic rings. The molecular weight excluding hydrogens is 306 g/mol. The molecule has 0 saturated heterocycles. The highest BCUT2D eigenvalue weighted by Gasteiger charge is 2.20. The lowest BCUT2D eigenvalue weighted by Crippen LogP contribution is -2.31. The number of phenolic OH excluding ortho intramolecular Hbond substituents is 1. The van der Waals surface area contributed by atoms with Crippen molar-refractivity contribution in [1.82, 2.24) is 15.1 Å². The van der Waals surface area contributed by atoms with Crippen molar-refractivity contribution >= 4 is 11.7 Å². The summed E-state index contributed by atoms with van der Waals surface area (Å²) < 4.78 is 1.60. The molecule has 1 aromatic heterocycles. The summed E-state index contributed by atoms with van der Waals surface area (Å²) in [5.74, 6) is -1.13. The minimum Gasteiger partial charge on any atom is -0.508 e. The molecule has 0 saturated carbocycles. The molecule has 1 aliphatic rings. The van der Waals surface area contributed by atoms with E-state index >= 15 is 0 Å². The SMILES string of the molecule is CCn1cc(C(=O)C(=O)NCc2c(O)ccc3c2CCCC3)cn1. The average molecular weight is 327 g/mol. The number of nitrogens with one attached hydrogen (secondary N) is 1. The summed E-state index contributed by atoms with van der Waals surface area (Å²) in [5, 5.41) is 16.8. The third-order valence-electron chi connectivity index (χ3n) is 4.48. The largest absolute Gasteiger partial charge is 0.508 e. The number of phenols is 1. The monoisotopic (exact) mass is 327 g/mol. The maximum Gasteiger partial charge on any atom is 0.292 e. The van der Waals surface area contributed by atoms with Gasteiger partial charge >= 0.3 is 0 Å². The summed E-state index contributed by atoms with van der Waals surface area (Å²) in [7, 11) is 0. The number of hydrogen-bond donors (Lipinski definition) is 2. The predicted octanol–water partition coefficient (Wildman–Crippen LogP) is 1.99. The number of ketones is 1. The Morgan fingerprint density at radius 2 is 2.08 bits per heavy atom. The van der Waals surface area contributed by atoms with Crippen molar-refractivity contribution in [3.8, 4) is 5.75 Å². The van der Waals surface area contributed by atoms with Crippen LogP contribution in [0.3, 0.4) is 0 Å². The number of rotatable bonds is 5. The number of amides is 1. The van der Waals surface area contributed by atoms with Crippen molar-refractivity contribution in [3.63, 3.8) is 0 Å². The second kappa shape index (κ2) is 6.86. The van der Waals surface area contributed by atoms with Gasteiger partial charge < -0.3 is 10.4 Å². The molecule has 3 rings (SSSR count). The molecule has 126 valence electrons. The van der Waals surface area contributed by atoms with Crippen LogP contribution in [0.4, 0.5) is 0 Å². The fraction of sp³-hybridized carbons (Fsp3) is 0.389. The fourth-order valence-corrected chi connectivity index (χ4v) is 3.12. The van der Waals surface area contributed by atoms with E-state index in [1.165, 1.54) is 11.8 Å². The van der Waals surface area contributed by atoms with Gasteiger partial charge in [-0.2, -0.15) is 5.10 Å². The van der Waals surface area contributed by atoms with Gasteiger partial charge in [0, 0.05) is 24.8 Å². The Balaban J connectivity index is 1.71. The quantitative estimate of drug-likeness (QED) is 0.650. The minimum atomic E-state index is -0.682. The molecular formula is C18H21N3O3. The number of aromatic nitrogens is 2. The molecule has 0 radical (unpaired) electrons. The molecule has 0 aliphatic heterocycles. The molecule has 1 amide bonds. The zero-order chi connectivity index (χ0) is 17.1. The first-order valence-corrected chi connectivity index (χ1v) is 8.27. The second-order valence-corrected chi connectivity index (χ2v) is 6.00. The summed E-state index contributed by atoms with van der Waals surface area (Å²) >= 11 is 0. The van der Waals surface area contributed by atoms with E-state index in [4.69, 9.17) is 0 Å². The Kier molecular flexibility index (Phi) is 4.64. The van der Waals surface area contributed by atoms with Crippen LogP contribution in [0.15, 0.2) is 24.5 Å². The lowest BCUT2D eigenvalue weighted by Gasteiger charge is -2.20. The lowest BCUT2D eigenvalue weighted by atomic mass is 9.87. The maximum absolute atomic E-state index is 12.1. The van der Waals surface area contributed by atoms with Gasteiger partial charge in [0.15, 0.2) is 0 Å². The smallest absolute Gasteiger partial charge is 0.292 e. The summed E-state index contributed by atoms with van der Waals surface area (Å²) in [6, 6.07) is 3.61. The van der Waals surface area contributed by atoms with Crippen LogP contribution in [0.25, 0.3) is 0 Å². The van der Waals surface area contributed by atoms with E-state index in [1.54, 1.807) is 16.9 Å². The lowest BCUT2D eigenvalue weighted by molar-refractivity contribution is -0.117. The highest BCUT2D eigenvalue weighted by molar-refractivity contribution is 6.42. The Morgan fingerprint density at radius 1 is 1.29 bits per heavy atom. The standard InChI is InChI=1S/C18H21N3O3/c1-2-21-11-13(9-20-21)17(23)18(24)19-10-15-14-6-4-3-5-12(14)7-8-16(15)22/h7-9,11,22H,2-6,10H2,1H3,(H,19,24). The van der Waals surface area contributed by atoms with Gasteiger partial charge in [-0.25, -0.2) is 0 Å². The van der Waals surface area contributed by atoms with E-state index in [0.717, 1.165) is 36.8 Å². The summed E-state index contributed by atoms with van der Waals surface area (Å²) in [6.45, 7) is 2.70. The Labute approximate surface area is 140 Å². The first kappa shape index (κ1) is 16.2. The van der Waals surface area contributed by atoms with Gasteiger partial charge in [-0.3, -0.25) is 14.3 Å². The van der Waals surface area contributed by atoms with E-state index in [9.17, 15) is 14.7 Å². The molecule has 1 aromatic carbocycles. The van der Waals surface area contributed by atoms with E-state index in [0.29, 0.717) is 6.54 Å². The molecule has 6 heteroatoms. The van der Waals surface area contributed by atoms with Crippen molar-refractivity contribution in [2.24, 2.45) is 0 Å².